The fourth-order valence-corrected chi connectivity index (χ4v) is 2.25. The molecule has 1 unspecified atom stereocenters. The van der Waals surface area contributed by atoms with Crippen molar-refractivity contribution in [2.75, 3.05) is 26.9 Å². The number of hydrogen-bond acceptors (Lipinski definition) is 5. The van der Waals surface area contributed by atoms with Gasteiger partial charge in [0.05, 0.1) is 18.3 Å². The van der Waals surface area contributed by atoms with E-state index in [0.717, 1.165) is 25.0 Å². The van der Waals surface area contributed by atoms with Crippen molar-refractivity contribution in [1.82, 2.24) is 5.32 Å². The second-order valence-electron chi connectivity index (χ2n) is 5.15. The molecule has 1 heterocycles. The quantitative estimate of drug-likeness (QED) is 0.768. The summed E-state index contributed by atoms with van der Waals surface area (Å²) < 4.78 is 15.4. The Balaban J connectivity index is 1.74. The van der Waals surface area contributed by atoms with Crippen LogP contribution < -0.4 is 5.32 Å². The first-order chi connectivity index (χ1) is 10.7. The van der Waals surface area contributed by atoms with Gasteiger partial charge in [0, 0.05) is 20.3 Å². The molecule has 1 amide bonds. The molecule has 1 saturated heterocycles. The van der Waals surface area contributed by atoms with Crippen LogP contribution in [0, 0.1) is 0 Å². The number of esters is 1. The topological polar surface area (TPSA) is 73.9 Å². The Labute approximate surface area is 129 Å². The largest absolute Gasteiger partial charge is 0.452 e. The SMILES string of the molecule is COCc1cccc(C(=O)OCC(=O)NCC2CCCO2)c1. The highest BCUT2D eigenvalue weighted by molar-refractivity contribution is 5.91. The van der Waals surface area contributed by atoms with Crippen molar-refractivity contribution < 1.29 is 23.8 Å². The molecule has 22 heavy (non-hydrogen) atoms. The maximum atomic E-state index is 11.9. The van der Waals surface area contributed by atoms with Crippen LogP contribution in [0.2, 0.25) is 0 Å². The molecule has 6 nitrogen and oxygen atoms in total. The van der Waals surface area contributed by atoms with Crippen molar-refractivity contribution in [3.63, 3.8) is 0 Å². The fraction of sp³-hybridized carbons (Fsp3) is 0.500. The third kappa shape index (κ3) is 5.13. The van der Waals surface area contributed by atoms with Gasteiger partial charge >= 0.3 is 5.97 Å². The summed E-state index contributed by atoms with van der Waals surface area (Å²) in [6, 6.07) is 6.94. The van der Waals surface area contributed by atoms with Gasteiger partial charge in [0.2, 0.25) is 0 Å². The maximum absolute atomic E-state index is 11.9. The number of hydrogen-bond donors (Lipinski definition) is 1. The molecule has 1 aromatic carbocycles. The number of methoxy groups -OCH3 is 1. The summed E-state index contributed by atoms with van der Waals surface area (Å²) in [5.41, 5.74) is 1.28. The van der Waals surface area contributed by atoms with Crippen molar-refractivity contribution in [1.29, 1.82) is 0 Å². The lowest BCUT2D eigenvalue weighted by molar-refractivity contribution is -0.124. The van der Waals surface area contributed by atoms with E-state index in [9.17, 15) is 9.59 Å². The van der Waals surface area contributed by atoms with E-state index >= 15 is 0 Å². The summed E-state index contributed by atoms with van der Waals surface area (Å²) in [6.07, 6.45) is 2.05. The lowest BCUT2D eigenvalue weighted by Crippen LogP contribution is -2.34. The van der Waals surface area contributed by atoms with E-state index in [0.29, 0.717) is 18.7 Å². The van der Waals surface area contributed by atoms with Crippen LogP contribution in [0.15, 0.2) is 24.3 Å². The van der Waals surface area contributed by atoms with Crippen LogP contribution in [0.5, 0.6) is 0 Å². The molecule has 0 aromatic heterocycles. The monoisotopic (exact) mass is 307 g/mol. The highest BCUT2D eigenvalue weighted by Crippen LogP contribution is 2.10. The average molecular weight is 307 g/mol. The highest BCUT2D eigenvalue weighted by Gasteiger charge is 2.17. The van der Waals surface area contributed by atoms with E-state index in [2.05, 4.69) is 5.32 Å². The minimum Gasteiger partial charge on any atom is -0.452 e. The molecule has 1 N–H and O–H groups in total. The number of benzene rings is 1. The Kier molecular flexibility index (Phi) is 6.36. The maximum Gasteiger partial charge on any atom is 0.338 e. The first-order valence-corrected chi connectivity index (χ1v) is 7.32. The molecule has 0 radical (unpaired) electrons. The Morgan fingerprint density at radius 3 is 3.00 bits per heavy atom. The summed E-state index contributed by atoms with van der Waals surface area (Å²) in [7, 11) is 1.59. The van der Waals surface area contributed by atoms with Crippen LogP contribution in [0.25, 0.3) is 0 Å². The average Bonchev–Trinajstić information content (AvgIpc) is 3.04. The molecule has 1 aliphatic rings. The van der Waals surface area contributed by atoms with Crippen LogP contribution >= 0.6 is 0 Å². The molecule has 0 spiro atoms. The Hall–Kier alpha value is -1.92. The molecule has 0 saturated carbocycles. The lowest BCUT2D eigenvalue weighted by atomic mass is 10.1. The van der Waals surface area contributed by atoms with Gasteiger partial charge in [0.25, 0.3) is 5.91 Å². The van der Waals surface area contributed by atoms with Crippen molar-refractivity contribution in [3.8, 4) is 0 Å². The minimum atomic E-state index is -0.523. The molecule has 1 aromatic rings. The zero-order valence-corrected chi connectivity index (χ0v) is 12.7. The standard InChI is InChI=1S/C16H21NO5/c1-20-10-12-4-2-5-13(8-12)16(19)22-11-15(18)17-9-14-6-3-7-21-14/h2,4-5,8,14H,3,6-7,9-11H2,1H3,(H,17,18). The molecule has 0 aliphatic carbocycles. The zero-order valence-electron chi connectivity index (χ0n) is 12.7. The third-order valence-corrected chi connectivity index (χ3v) is 3.36. The third-order valence-electron chi connectivity index (χ3n) is 3.36. The van der Waals surface area contributed by atoms with Crippen molar-refractivity contribution in [3.05, 3.63) is 35.4 Å². The zero-order chi connectivity index (χ0) is 15.8. The van der Waals surface area contributed by atoms with Gasteiger partial charge < -0.3 is 19.5 Å². The number of rotatable bonds is 7. The minimum absolute atomic E-state index is 0.0744. The van der Waals surface area contributed by atoms with E-state index in [1.165, 1.54) is 0 Å². The van der Waals surface area contributed by atoms with Gasteiger partial charge in [-0.25, -0.2) is 4.79 Å². The van der Waals surface area contributed by atoms with Gasteiger partial charge in [-0.2, -0.15) is 0 Å². The second-order valence-corrected chi connectivity index (χ2v) is 5.15. The Bertz CT molecular complexity index is 511. The van der Waals surface area contributed by atoms with Crippen LogP contribution in [0.4, 0.5) is 0 Å². The Morgan fingerprint density at radius 1 is 1.41 bits per heavy atom. The summed E-state index contributed by atoms with van der Waals surface area (Å²) in [4.78, 5) is 23.5. The number of ether oxygens (including phenoxy) is 3. The molecular formula is C16H21NO5. The predicted molar refractivity (Wildman–Crippen MR) is 79.4 cm³/mol. The van der Waals surface area contributed by atoms with Crippen LogP contribution in [-0.2, 0) is 25.6 Å². The first kappa shape index (κ1) is 16.5. The van der Waals surface area contributed by atoms with Crippen LogP contribution in [0.3, 0.4) is 0 Å². The van der Waals surface area contributed by atoms with E-state index < -0.39 is 5.97 Å². The number of carbonyl (C=O) groups is 2. The molecular weight excluding hydrogens is 286 g/mol. The van der Waals surface area contributed by atoms with E-state index in [-0.39, 0.29) is 18.6 Å². The smallest absolute Gasteiger partial charge is 0.338 e. The molecule has 6 heteroatoms. The summed E-state index contributed by atoms with van der Waals surface area (Å²) in [6.45, 7) is 1.33. The van der Waals surface area contributed by atoms with Crippen molar-refractivity contribution in [2.24, 2.45) is 0 Å². The molecule has 1 atom stereocenters. The van der Waals surface area contributed by atoms with Gasteiger partial charge in [-0.05, 0) is 30.5 Å². The summed E-state index contributed by atoms with van der Waals surface area (Å²) in [5, 5.41) is 2.70. The van der Waals surface area contributed by atoms with Crippen LogP contribution in [-0.4, -0.2) is 44.8 Å². The number of nitrogens with one attached hydrogen (secondary N) is 1. The molecule has 1 aliphatic heterocycles. The summed E-state index contributed by atoms with van der Waals surface area (Å²) in [5.74, 6) is -0.845. The van der Waals surface area contributed by atoms with Gasteiger partial charge in [-0.3, -0.25) is 4.79 Å². The number of carbonyl (C=O) groups excluding carboxylic acids is 2. The molecule has 0 bridgehead atoms. The van der Waals surface area contributed by atoms with E-state index in [4.69, 9.17) is 14.2 Å². The van der Waals surface area contributed by atoms with E-state index in [1.807, 2.05) is 6.07 Å². The van der Waals surface area contributed by atoms with E-state index in [1.54, 1.807) is 25.3 Å². The van der Waals surface area contributed by atoms with Gasteiger partial charge in [0.15, 0.2) is 6.61 Å². The lowest BCUT2D eigenvalue weighted by Gasteiger charge is -2.11. The van der Waals surface area contributed by atoms with Crippen LogP contribution in [0.1, 0.15) is 28.8 Å². The molecule has 1 fully saturated rings. The van der Waals surface area contributed by atoms with Crippen molar-refractivity contribution >= 4 is 11.9 Å². The molecule has 2 rings (SSSR count). The van der Waals surface area contributed by atoms with Gasteiger partial charge in [-0.15, -0.1) is 0 Å². The fourth-order valence-electron chi connectivity index (χ4n) is 2.25. The van der Waals surface area contributed by atoms with Gasteiger partial charge in [-0.1, -0.05) is 12.1 Å². The van der Waals surface area contributed by atoms with Gasteiger partial charge in [0.1, 0.15) is 0 Å². The predicted octanol–water partition coefficient (Wildman–Crippen LogP) is 1.28. The summed E-state index contributed by atoms with van der Waals surface area (Å²) >= 11 is 0. The highest BCUT2D eigenvalue weighted by atomic mass is 16.5. The number of amides is 1. The Morgan fingerprint density at radius 2 is 2.27 bits per heavy atom. The van der Waals surface area contributed by atoms with Crippen molar-refractivity contribution in [2.45, 2.75) is 25.6 Å². The normalized spacial score (nSPS) is 17.2. The first-order valence-electron chi connectivity index (χ1n) is 7.32. The second kappa shape index (κ2) is 8.51. The molecule has 120 valence electrons.